The number of amides is 2. The average Bonchev–Trinajstić information content (AvgIpc) is 2.46. The summed E-state index contributed by atoms with van der Waals surface area (Å²) in [4.78, 5) is 25.2. The number of carbonyl (C=O) groups is 2. The van der Waals surface area contributed by atoms with Gasteiger partial charge in [-0.2, -0.15) is 0 Å². The zero-order chi connectivity index (χ0) is 13.8. The summed E-state index contributed by atoms with van der Waals surface area (Å²) in [6, 6.07) is 6.86. The van der Waals surface area contributed by atoms with Gasteiger partial charge in [0.2, 0.25) is 5.91 Å². The van der Waals surface area contributed by atoms with Crippen molar-refractivity contribution in [3.63, 3.8) is 0 Å². The van der Waals surface area contributed by atoms with Gasteiger partial charge in [0.1, 0.15) is 0 Å². The van der Waals surface area contributed by atoms with E-state index in [1.165, 1.54) is 0 Å². The largest absolute Gasteiger partial charge is 0.366 e. The number of hydrogen-bond acceptors (Lipinski definition) is 3. The summed E-state index contributed by atoms with van der Waals surface area (Å²) in [5.74, 6) is -0.469. The highest BCUT2D eigenvalue weighted by atomic mass is 16.2. The molecule has 0 radical (unpaired) electrons. The lowest BCUT2D eigenvalue weighted by Crippen LogP contribution is -2.46. The van der Waals surface area contributed by atoms with Crippen LogP contribution in [0.15, 0.2) is 24.3 Å². The fourth-order valence-electron chi connectivity index (χ4n) is 2.36. The van der Waals surface area contributed by atoms with Crippen LogP contribution in [0.3, 0.4) is 0 Å². The van der Waals surface area contributed by atoms with E-state index in [1.807, 2.05) is 11.9 Å². The molecular weight excluding hydrogens is 242 g/mol. The van der Waals surface area contributed by atoms with Crippen molar-refractivity contribution in [3.8, 4) is 0 Å². The number of piperidine rings is 1. The summed E-state index contributed by atoms with van der Waals surface area (Å²) in [5, 5.41) is 3.21. The third kappa shape index (κ3) is 3.12. The Hall–Kier alpha value is -1.88. The Balaban J connectivity index is 2.08. The SMILES string of the molecule is CNC1CCCN(C(=O)c2ccc(C(N)=O)cc2)C1. The molecule has 102 valence electrons. The third-order valence-corrected chi connectivity index (χ3v) is 3.53. The molecule has 0 aromatic heterocycles. The summed E-state index contributed by atoms with van der Waals surface area (Å²) in [7, 11) is 1.92. The van der Waals surface area contributed by atoms with E-state index >= 15 is 0 Å². The van der Waals surface area contributed by atoms with Crippen molar-refractivity contribution in [2.24, 2.45) is 5.73 Å². The Kier molecular flexibility index (Phi) is 4.16. The van der Waals surface area contributed by atoms with Crippen molar-refractivity contribution in [2.75, 3.05) is 20.1 Å². The zero-order valence-corrected chi connectivity index (χ0v) is 11.1. The molecule has 1 fully saturated rings. The van der Waals surface area contributed by atoms with Crippen LogP contribution in [0.2, 0.25) is 0 Å². The molecule has 2 amide bonds. The molecule has 2 rings (SSSR count). The first kappa shape index (κ1) is 13.5. The fourth-order valence-corrected chi connectivity index (χ4v) is 2.36. The Morgan fingerprint density at radius 2 is 1.89 bits per heavy atom. The molecule has 1 aromatic rings. The van der Waals surface area contributed by atoms with E-state index in [9.17, 15) is 9.59 Å². The summed E-state index contributed by atoms with van der Waals surface area (Å²) in [6.45, 7) is 1.52. The maximum absolute atomic E-state index is 12.3. The molecule has 1 aliphatic heterocycles. The van der Waals surface area contributed by atoms with Crippen LogP contribution in [0.1, 0.15) is 33.6 Å². The van der Waals surface area contributed by atoms with Gasteiger partial charge in [-0.3, -0.25) is 9.59 Å². The van der Waals surface area contributed by atoms with Crippen LogP contribution in [-0.4, -0.2) is 42.9 Å². The van der Waals surface area contributed by atoms with Crippen LogP contribution in [-0.2, 0) is 0 Å². The molecule has 1 heterocycles. The fraction of sp³-hybridized carbons (Fsp3) is 0.429. The van der Waals surface area contributed by atoms with Gasteiger partial charge in [0, 0.05) is 30.3 Å². The second kappa shape index (κ2) is 5.84. The van der Waals surface area contributed by atoms with Crippen molar-refractivity contribution in [1.29, 1.82) is 0 Å². The van der Waals surface area contributed by atoms with Crippen molar-refractivity contribution in [1.82, 2.24) is 10.2 Å². The van der Waals surface area contributed by atoms with Crippen LogP contribution in [0.4, 0.5) is 0 Å². The van der Waals surface area contributed by atoms with Crippen LogP contribution >= 0.6 is 0 Å². The number of nitrogens with zero attached hydrogens (tertiary/aromatic N) is 1. The van der Waals surface area contributed by atoms with E-state index in [-0.39, 0.29) is 5.91 Å². The summed E-state index contributed by atoms with van der Waals surface area (Å²) in [6.07, 6.45) is 2.11. The van der Waals surface area contributed by atoms with Crippen molar-refractivity contribution in [2.45, 2.75) is 18.9 Å². The molecule has 0 aliphatic carbocycles. The molecule has 0 spiro atoms. The van der Waals surface area contributed by atoms with Gasteiger partial charge in [-0.25, -0.2) is 0 Å². The highest BCUT2D eigenvalue weighted by molar-refractivity contribution is 5.97. The molecule has 1 unspecified atom stereocenters. The standard InChI is InChI=1S/C14H19N3O2/c1-16-12-3-2-8-17(9-12)14(19)11-6-4-10(5-7-11)13(15)18/h4-7,12,16H,2-3,8-9H2,1H3,(H2,15,18). The first-order valence-corrected chi connectivity index (χ1v) is 6.48. The summed E-state index contributed by atoms with van der Waals surface area (Å²) in [5.41, 5.74) is 6.19. The minimum atomic E-state index is -0.479. The maximum Gasteiger partial charge on any atom is 0.253 e. The molecule has 5 nitrogen and oxygen atoms in total. The van der Waals surface area contributed by atoms with E-state index in [0.29, 0.717) is 17.2 Å². The van der Waals surface area contributed by atoms with E-state index in [1.54, 1.807) is 24.3 Å². The number of carbonyl (C=O) groups excluding carboxylic acids is 2. The number of benzene rings is 1. The average molecular weight is 261 g/mol. The van der Waals surface area contributed by atoms with E-state index < -0.39 is 5.91 Å². The van der Waals surface area contributed by atoms with Crippen molar-refractivity contribution >= 4 is 11.8 Å². The van der Waals surface area contributed by atoms with Crippen LogP contribution in [0.25, 0.3) is 0 Å². The second-order valence-electron chi connectivity index (χ2n) is 4.82. The van der Waals surface area contributed by atoms with E-state index in [2.05, 4.69) is 5.32 Å². The van der Waals surface area contributed by atoms with Gasteiger partial charge < -0.3 is 16.0 Å². The molecule has 1 atom stereocenters. The van der Waals surface area contributed by atoms with Gasteiger partial charge >= 0.3 is 0 Å². The van der Waals surface area contributed by atoms with E-state index in [0.717, 1.165) is 25.9 Å². The summed E-state index contributed by atoms with van der Waals surface area (Å²) < 4.78 is 0. The predicted octanol–water partition coefficient (Wildman–Crippen LogP) is 0.609. The number of primary amides is 1. The predicted molar refractivity (Wildman–Crippen MR) is 72.9 cm³/mol. The third-order valence-electron chi connectivity index (χ3n) is 3.53. The molecule has 5 heteroatoms. The zero-order valence-electron chi connectivity index (χ0n) is 11.1. The Bertz CT molecular complexity index is 470. The molecule has 1 saturated heterocycles. The lowest BCUT2D eigenvalue weighted by Gasteiger charge is -2.32. The number of hydrogen-bond donors (Lipinski definition) is 2. The highest BCUT2D eigenvalue weighted by Gasteiger charge is 2.23. The van der Waals surface area contributed by atoms with Crippen LogP contribution in [0, 0.1) is 0 Å². The van der Waals surface area contributed by atoms with Crippen molar-refractivity contribution < 1.29 is 9.59 Å². The minimum absolute atomic E-state index is 0.0102. The first-order valence-electron chi connectivity index (χ1n) is 6.48. The molecule has 1 aliphatic rings. The van der Waals surface area contributed by atoms with Gasteiger partial charge in [0.15, 0.2) is 0 Å². The Morgan fingerprint density at radius 3 is 2.47 bits per heavy atom. The Morgan fingerprint density at radius 1 is 1.26 bits per heavy atom. The molecular formula is C14H19N3O2. The minimum Gasteiger partial charge on any atom is -0.366 e. The van der Waals surface area contributed by atoms with Crippen LogP contribution < -0.4 is 11.1 Å². The van der Waals surface area contributed by atoms with Gasteiger partial charge in [-0.05, 0) is 44.2 Å². The number of likely N-dealkylation sites (tertiary alicyclic amines) is 1. The number of nitrogens with one attached hydrogen (secondary N) is 1. The number of likely N-dealkylation sites (N-methyl/N-ethyl adjacent to an activating group) is 1. The number of nitrogens with two attached hydrogens (primary N) is 1. The smallest absolute Gasteiger partial charge is 0.253 e. The van der Waals surface area contributed by atoms with Gasteiger partial charge in [-0.1, -0.05) is 0 Å². The van der Waals surface area contributed by atoms with Crippen molar-refractivity contribution in [3.05, 3.63) is 35.4 Å². The lowest BCUT2D eigenvalue weighted by atomic mass is 10.0. The normalized spacial score (nSPS) is 19.2. The molecule has 3 N–H and O–H groups in total. The van der Waals surface area contributed by atoms with Gasteiger partial charge in [-0.15, -0.1) is 0 Å². The molecule has 0 bridgehead atoms. The highest BCUT2D eigenvalue weighted by Crippen LogP contribution is 2.14. The first-order chi connectivity index (χ1) is 9.11. The molecule has 19 heavy (non-hydrogen) atoms. The van der Waals surface area contributed by atoms with Crippen LogP contribution in [0.5, 0.6) is 0 Å². The topological polar surface area (TPSA) is 75.4 Å². The maximum atomic E-state index is 12.3. The van der Waals surface area contributed by atoms with Gasteiger partial charge in [0.25, 0.3) is 5.91 Å². The molecule has 0 saturated carbocycles. The quantitative estimate of drug-likeness (QED) is 0.837. The summed E-state index contributed by atoms with van der Waals surface area (Å²) >= 11 is 0. The van der Waals surface area contributed by atoms with E-state index in [4.69, 9.17) is 5.73 Å². The van der Waals surface area contributed by atoms with Gasteiger partial charge in [0.05, 0.1) is 0 Å². The number of rotatable bonds is 3. The Labute approximate surface area is 112 Å². The molecule has 1 aromatic carbocycles. The lowest BCUT2D eigenvalue weighted by molar-refractivity contribution is 0.0698. The monoisotopic (exact) mass is 261 g/mol. The second-order valence-corrected chi connectivity index (χ2v) is 4.82.